The second-order valence-corrected chi connectivity index (χ2v) is 7.24. The average Bonchev–Trinajstić information content (AvgIpc) is 3.12. The van der Waals surface area contributed by atoms with Crippen molar-refractivity contribution in [2.24, 2.45) is 0 Å². The monoisotopic (exact) mass is 390 g/mol. The van der Waals surface area contributed by atoms with Crippen molar-refractivity contribution in [3.8, 4) is 11.3 Å². The van der Waals surface area contributed by atoms with E-state index in [1.54, 1.807) is 0 Å². The molecule has 0 saturated carbocycles. The third-order valence-electron chi connectivity index (χ3n) is 5.28. The molecule has 29 heavy (non-hydrogen) atoms. The number of oxazole rings is 1. The summed E-state index contributed by atoms with van der Waals surface area (Å²) in [5.74, 6) is -0.00227. The van der Waals surface area contributed by atoms with Crippen molar-refractivity contribution >= 4 is 11.9 Å². The first-order valence-electron chi connectivity index (χ1n) is 9.63. The quantitative estimate of drug-likeness (QED) is 0.719. The van der Waals surface area contributed by atoms with E-state index < -0.39 is 12.0 Å². The number of aryl methyl sites for hydroxylation is 2. The summed E-state index contributed by atoms with van der Waals surface area (Å²) < 4.78 is 5.87. The first kappa shape index (κ1) is 18.9. The minimum atomic E-state index is -0.980. The van der Waals surface area contributed by atoms with Gasteiger partial charge in [0.2, 0.25) is 5.91 Å². The molecule has 0 fully saturated rings. The fourth-order valence-corrected chi connectivity index (χ4v) is 3.78. The number of nitrogens with zero attached hydrogens (tertiary/aromatic N) is 2. The Morgan fingerprint density at radius 1 is 1.10 bits per heavy atom. The van der Waals surface area contributed by atoms with Crippen molar-refractivity contribution in [1.82, 2.24) is 9.88 Å². The van der Waals surface area contributed by atoms with Gasteiger partial charge in [-0.05, 0) is 18.1 Å². The number of amides is 1. The molecule has 0 bridgehead atoms. The topological polar surface area (TPSA) is 83.6 Å². The van der Waals surface area contributed by atoms with Crippen LogP contribution in [-0.4, -0.2) is 32.9 Å². The highest BCUT2D eigenvalue weighted by Gasteiger charge is 2.34. The number of hydrogen-bond donors (Lipinski definition) is 1. The molecule has 2 aromatic carbocycles. The molecule has 1 aromatic heterocycles. The predicted molar refractivity (Wildman–Crippen MR) is 107 cm³/mol. The summed E-state index contributed by atoms with van der Waals surface area (Å²) in [5, 5.41) is 9.61. The molecule has 0 aliphatic carbocycles. The van der Waals surface area contributed by atoms with E-state index in [0.717, 1.165) is 22.4 Å². The molecule has 3 aromatic rings. The van der Waals surface area contributed by atoms with E-state index in [1.165, 1.54) is 4.90 Å². The van der Waals surface area contributed by atoms with E-state index in [-0.39, 0.29) is 12.3 Å². The van der Waals surface area contributed by atoms with Gasteiger partial charge in [-0.2, -0.15) is 0 Å². The van der Waals surface area contributed by atoms with Gasteiger partial charge in [-0.1, -0.05) is 54.6 Å². The third kappa shape index (κ3) is 3.92. The van der Waals surface area contributed by atoms with Gasteiger partial charge in [0.05, 0.1) is 5.69 Å². The number of carboxylic acids is 1. The summed E-state index contributed by atoms with van der Waals surface area (Å²) in [5.41, 5.74) is 3.69. The van der Waals surface area contributed by atoms with Gasteiger partial charge in [0.25, 0.3) is 0 Å². The molecule has 0 radical (unpaired) electrons. The second-order valence-electron chi connectivity index (χ2n) is 7.24. The highest BCUT2D eigenvalue weighted by Crippen LogP contribution is 2.26. The number of carbonyl (C=O) groups is 2. The fraction of sp³-hybridized carbons (Fsp3) is 0.261. The Bertz CT molecular complexity index is 1040. The van der Waals surface area contributed by atoms with Crippen molar-refractivity contribution in [3.63, 3.8) is 0 Å². The minimum Gasteiger partial charge on any atom is -0.480 e. The largest absolute Gasteiger partial charge is 0.480 e. The van der Waals surface area contributed by atoms with Crippen LogP contribution in [0.15, 0.2) is 59.0 Å². The number of aliphatic carboxylic acids is 1. The molecule has 1 N–H and O–H groups in total. The second kappa shape index (κ2) is 7.91. The van der Waals surface area contributed by atoms with Crippen molar-refractivity contribution in [3.05, 3.63) is 77.3 Å². The van der Waals surface area contributed by atoms with E-state index >= 15 is 0 Å². The lowest BCUT2D eigenvalue weighted by Gasteiger charge is -2.34. The molecule has 0 spiro atoms. The Morgan fingerprint density at radius 2 is 1.79 bits per heavy atom. The Hall–Kier alpha value is -3.41. The van der Waals surface area contributed by atoms with Gasteiger partial charge in [0.1, 0.15) is 6.04 Å². The van der Waals surface area contributed by atoms with E-state index in [4.69, 9.17) is 4.42 Å². The molecule has 1 amide bonds. The van der Waals surface area contributed by atoms with Crippen molar-refractivity contribution in [2.45, 2.75) is 38.8 Å². The number of aromatic nitrogens is 1. The number of carboxylic acid groups (broad SMARTS) is 1. The number of rotatable bonds is 5. The minimum absolute atomic E-state index is 0.153. The maximum absolute atomic E-state index is 12.9. The zero-order valence-electron chi connectivity index (χ0n) is 16.2. The van der Waals surface area contributed by atoms with Crippen molar-refractivity contribution in [1.29, 1.82) is 0 Å². The zero-order valence-corrected chi connectivity index (χ0v) is 16.2. The van der Waals surface area contributed by atoms with Gasteiger partial charge in [-0.25, -0.2) is 9.78 Å². The highest BCUT2D eigenvalue weighted by atomic mass is 16.4. The van der Waals surface area contributed by atoms with Crippen LogP contribution in [0.2, 0.25) is 0 Å². The zero-order chi connectivity index (χ0) is 20.4. The normalized spacial score (nSPS) is 15.8. The van der Waals surface area contributed by atoms with Gasteiger partial charge >= 0.3 is 5.97 Å². The van der Waals surface area contributed by atoms with Crippen LogP contribution in [0.1, 0.15) is 29.1 Å². The van der Waals surface area contributed by atoms with Crippen LogP contribution in [0.3, 0.4) is 0 Å². The SMILES string of the molecule is Cc1nc(CCC(=O)N2Cc3ccccc3C[C@H]2C(=O)O)oc1-c1ccccc1. The first-order chi connectivity index (χ1) is 14.0. The van der Waals surface area contributed by atoms with Gasteiger partial charge < -0.3 is 14.4 Å². The maximum atomic E-state index is 12.9. The van der Waals surface area contributed by atoms with Crippen molar-refractivity contribution < 1.29 is 19.1 Å². The Balaban J connectivity index is 1.47. The lowest BCUT2D eigenvalue weighted by Crippen LogP contribution is -2.48. The lowest BCUT2D eigenvalue weighted by molar-refractivity contribution is -0.151. The summed E-state index contributed by atoms with van der Waals surface area (Å²) in [6.45, 7) is 2.19. The molecule has 6 nitrogen and oxygen atoms in total. The molecule has 1 atom stereocenters. The number of benzene rings is 2. The Morgan fingerprint density at radius 3 is 2.52 bits per heavy atom. The van der Waals surface area contributed by atoms with Gasteiger partial charge in [-0.15, -0.1) is 0 Å². The van der Waals surface area contributed by atoms with Crippen LogP contribution in [0.5, 0.6) is 0 Å². The Kier molecular flexibility index (Phi) is 5.16. The summed E-state index contributed by atoms with van der Waals surface area (Å²) in [4.78, 5) is 30.5. The van der Waals surface area contributed by atoms with E-state index in [2.05, 4.69) is 4.98 Å². The van der Waals surface area contributed by atoms with Crippen molar-refractivity contribution in [2.75, 3.05) is 0 Å². The van der Waals surface area contributed by atoms with E-state index in [9.17, 15) is 14.7 Å². The highest BCUT2D eigenvalue weighted by molar-refractivity contribution is 5.84. The standard InChI is InChI=1S/C23H22N2O4/c1-15-22(16-7-3-2-4-8-16)29-20(24-15)11-12-21(26)25-14-18-10-6-5-9-17(18)13-19(25)23(27)28/h2-10,19H,11-14H2,1H3,(H,27,28)/t19-/m0/s1. The molecule has 4 rings (SSSR count). The number of hydrogen-bond acceptors (Lipinski definition) is 4. The molecular formula is C23H22N2O4. The smallest absolute Gasteiger partial charge is 0.326 e. The lowest BCUT2D eigenvalue weighted by atomic mass is 9.93. The molecule has 1 aliphatic heterocycles. The Labute approximate surface area is 168 Å². The molecule has 1 aliphatic rings. The first-order valence-corrected chi connectivity index (χ1v) is 9.63. The molecule has 6 heteroatoms. The van der Waals surface area contributed by atoms with Crippen LogP contribution in [0.25, 0.3) is 11.3 Å². The summed E-state index contributed by atoms with van der Waals surface area (Å²) in [6, 6.07) is 16.5. The summed E-state index contributed by atoms with van der Waals surface area (Å²) >= 11 is 0. The van der Waals surface area contributed by atoms with Gasteiger partial charge in [-0.3, -0.25) is 4.79 Å². The molecule has 2 heterocycles. The molecule has 148 valence electrons. The molecule has 0 unspecified atom stereocenters. The van der Waals surface area contributed by atoms with Crippen LogP contribution in [0.4, 0.5) is 0 Å². The van der Waals surface area contributed by atoms with Crippen LogP contribution in [0, 0.1) is 6.92 Å². The predicted octanol–water partition coefficient (Wildman–Crippen LogP) is 3.62. The van der Waals surface area contributed by atoms with Crippen LogP contribution < -0.4 is 0 Å². The fourth-order valence-electron chi connectivity index (χ4n) is 3.78. The summed E-state index contributed by atoms with van der Waals surface area (Å²) in [7, 11) is 0. The maximum Gasteiger partial charge on any atom is 0.326 e. The van der Waals surface area contributed by atoms with E-state index in [1.807, 2.05) is 61.5 Å². The van der Waals surface area contributed by atoms with Crippen LogP contribution in [-0.2, 0) is 29.0 Å². The summed E-state index contributed by atoms with van der Waals surface area (Å²) in [6.07, 6.45) is 0.810. The molecular weight excluding hydrogens is 368 g/mol. The van der Waals surface area contributed by atoms with Gasteiger partial charge in [0.15, 0.2) is 11.7 Å². The molecule has 0 saturated heterocycles. The number of fused-ring (bicyclic) bond motifs is 1. The van der Waals surface area contributed by atoms with E-state index in [0.29, 0.717) is 31.0 Å². The third-order valence-corrected chi connectivity index (χ3v) is 5.28. The van der Waals surface area contributed by atoms with Gasteiger partial charge in [0, 0.05) is 31.4 Å². The van der Waals surface area contributed by atoms with Crippen LogP contribution >= 0.6 is 0 Å². The average molecular weight is 390 g/mol. The number of carbonyl (C=O) groups excluding carboxylic acids is 1.